The fraction of sp³-hybridized carbons (Fsp3) is 0.400. The smallest absolute Gasteiger partial charge is 0.333 e. The van der Waals surface area contributed by atoms with Gasteiger partial charge in [-0.25, -0.2) is 14.4 Å². The van der Waals surface area contributed by atoms with Crippen molar-refractivity contribution in [3.05, 3.63) is 71.3 Å². The van der Waals surface area contributed by atoms with E-state index in [0.29, 0.717) is 16.7 Å². The van der Waals surface area contributed by atoms with Gasteiger partial charge in [-0.2, -0.15) is 0 Å². The molecule has 10 atom stereocenters. The summed E-state index contributed by atoms with van der Waals surface area (Å²) in [5, 5.41) is 85.0. The third-order valence-electron chi connectivity index (χ3n) is 10.4. The summed E-state index contributed by atoms with van der Waals surface area (Å²) in [6, 6.07) is 8.26. The summed E-state index contributed by atoms with van der Waals surface area (Å²) in [4.78, 5) is 39.6. The highest BCUT2D eigenvalue weighted by Crippen LogP contribution is 2.40. The maximum Gasteiger partial charge on any atom is 0.333 e. The maximum absolute atomic E-state index is 13.3. The lowest BCUT2D eigenvalue weighted by molar-refractivity contribution is -0.328. The number of phenols is 3. The van der Waals surface area contributed by atoms with Gasteiger partial charge in [0.25, 0.3) is 0 Å². The molecule has 2 aliphatic rings. The van der Waals surface area contributed by atoms with Gasteiger partial charge in [0.15, 0.2) is 53.0 Å². The van der Waals surface area contributed by atoms with Crippen LogP contribution in [0.2, 0.25) is 0 Å². The van der Waals surface area contributed by atoms with Gasteiger partial charge in [0.05, 0.1) is 55.9 Å². The van der Waals surface area contributed by atoms with Gasteiger partial charge >= 0.3 is 17.9 Å². The van der Waals surface area contributed by atoms with Crippen molar-refractivity contribution in [2.75, 3.05) is 55.9 Å². The number of benzene rings is 3. The zero-order chi connectivity index (χ0) is 49.8. The Kier molecular flexibility index (Phi) is 18.2. The molecule has 23 heteroatoms. The third-order valence-corrected chi connectivity index (χ3v) is 10.4. The number of carbonyl (C=O) groups is 3. The minimum atomic E-state index is -2.06. The van der Waals surface area contributed by atoms with Crippen LogP contribution < -0.4 is 28.4 Å². The number of aromatic hydroxyl groups is 3. The summed E-state index contributed by atoms with van der Waals surface area (Å²) >= 11 is 0. The SMILES string of the molecule is COc1cc(C=CC(=O)OC2OC(COC3OC(CO)C(O)C(O)C3OC(=O)C=Cc3cc(OC)c(O)c(OC)c3)C(O)C(O)C2OC(=O)C=Cc2cc(OC)c(O)c(OC)c2)cc(OC)c1O. The normalized spacial score (nSPS) is 24.9. The van der Waals surface area contributed by atoms with Gasteiger partial charge in [-0.1, -0.05) is 0 Å². The molecule has 68 heavy (non-hydrogen) atoms. The summed E-state index contributed by atoms with van der Waals surface area (Å²) in [7, 11) is 7.79. The molecular formula is C45H52O23. The second kappa shape index (κ2) is 23.8. The molecule has 0 amide bonds. The van der Waals surface area contributed by atoms with E-state index < -0.39 is 92.5 Å². The number of hydrogen-bond acceptors (Lipinski definition) is 23. The van der Waals surface area contributed by atoms with Gasteiger partial charge in [0.2, 0.25) is 23.5 Å². The number of esters is 3. The Balaban J connectivity index is 1.38. The van der Waals surface area contributed by atoms with Crippen LogP contribution in [-0.4, -0.2) is 176 Å². The topological polar surface area (TPSA) is 324 Å². The van der Waals surface area contributed by atoms with Crippen LogP contribution in [0.25, 0.3) is 18.2 Å². The van der Waals surface area contributed by atoms with E-state index in [9.17, 15) is 55.2 Å². The molecule has 2 aliphatic heterocycles. The summed E-state index contributed by atoms with van der Waals surface area (Å²) in [5.74, 6) is -4.17. The molecule has 3 aromatic carbocycles. The first-order valence-electron chi connectivity index (χ1n) is 20.3. The van der Waals surface area contributed by atoms with Crippen molar-refractivity contribution < 1.29 is 112 Å². The van der Waals surface area contributed by atoms with Gasteiger partial charge < -0.3 is 97.7 Å². The van der Waals surface area contributed by atoms with E-state index in [2.05, 4.69) is 0 Å². The van der Waals surface area contributed by atoms with Crippen LogP contribution >= 0.6 is 0 Å². The highest BCUT2D eigenvalue weighted by Gasteiger charge is 2.51. The first-order chi connectivity index (χ1) is 32.5. The Labute approximate surface area is 388 Å². The van der Waals surface area contributed by atoms with Crippen molar-refractivity contribution in [1.82, 2.24) is 0 Å². The standard InChI is InChI=1S/C45H52O23/c1-57-24-13-21(14-25(58-2)35(24)50)7-10-32(47)66-42-40(55)38(53)30(19-46)64-44(42)63-20-31-39(54)41(56)43(67-33(48)11-8-22-15-26(59-3)36(51)27(16-22)60-4)45(65-31)68-34(49)12-9-23-17-28(61-5)37(52)29(18-23)62-6/h7-18,30-31,38-46,50-56H,19-20H2,1-6H3. The van der Waals surface area contributed by atoms with E-state index in [-0.39, 0.29) is 51.7 Å². The highest BCUT2D eigenvalue weighted by molar-refractivity contribution is 5.89. The number of aliphatic hydroxyl groups is 5. The predicted octanol–water partition coefficient (Wildman–Crippen LogP) is 0.564. The Hall–Kier alpha value is -6.83. The van der Waals surface area contributed by atoms with Crippen LogP contribution in [0.15, 0.2) is 54.6 Å². The summed E-state index contributed by atoms with van der Waals surface area (Å²) in [6.07, 6.45) is -11.8. The molecule has 0 radical (unpaired) electrons. The number of aliphatic hydroxyl groups excluding tert-OH is 5. The number of methoxy groups -OCH3 is 6. The van der Waals surface area contributed by atoms with Gasteiger partial charge in [0.1, 0.15) is 36.6 Å². The minimum absolute atomic E-state index is 0.0103. The molecule has 0 spiro atoms. The van der Waals surface area contributed by atoms with E-state index in [0.717, 1.165) is 18.2 Å². The Morgan fingerprint density at radius 3 is 1.13 bits per heavy atom. The van der Waals surface area contributed by atoms with E-state index >= 15 is 0 Å². The number of rotatable bonds is 19. The maximum atomic E-state index is 13.3. The average Bonchev–Trinajstić information content (AvgIpc) is 3.33. The molecule has 2 fully saturated rings. The molecule has 5 rings (SSSR count). The zero-order valence-corrected chi connectivity index (χ0v) is 37.3. The molecular weight excluding hydrogens is 908 g/mol. The van der Waals surface area contributed by atoms with Crippen molar-refractivity contribution in [3.8, 4) is 51.7 Å². The number of phenolic OH excluding ortho intramolecular Hbond substituents is 3. The van der Waals surface area contributed by atoms with Crippen LogP contribution in [0.1, 0.15) is 16.7 Å². The van der Waals surface area contributed by atoms with Crippen LogP contribution in [0.5, 0.6) is 51.7 Å². The van der Waals surface area contributed by atoms with Crippen molar-refractivity contribution in [2.24, 2.45) is 0 Å². The van der Waals surface area contributed by atoms with E-state index in [1.807, 2.05) is 0 Å². The largest absolute Gasteiger partial charge is 0.502 e. The molecule has 2 saturated heterocycles. The van der Waals surface area contributed by atoms with Crippen molar-refractivity contribution in [3.63, 3.8) is 0 Å². The average molecular weight is 961 g/mol. The fourth-order valence-corrected chi connectivity index (χ4v) is 6.79. The van der Waals surface area contributed by atoms with E-state index in [1.165, 1.54) is 97.3 Å². The van der Waals surface area contributed by atoms with E-state index in [1.54, 1.807) is 0 Å². The lowest BCUT2D eigenvalue weighted by Crippen LogP contribution is -2.63. The number of carbonyl (C=O) groups excluding carboxylic acids is 3. The van der Waals surface area contributed by atoms with Crippen molar-refractivity contribution >= 4 is 36.1 Å². The molecule has 2 heterocycles. The lowest BCUT2D eigenvalue weighted by Gasteiger charge is -2.43. The molecule has 0 aromatic heterocycles. The van der Waals surface area contributed by atoms with Gasteiger partial charge in [-0.15, -0.1) is 0 Å². The van der Waals surface area contributed by atoms with Gasteiger partial charge in [0, 0.05) is 18.2 Å². The van der Waals surface area contributed by atoms with E-state index in [4.69, 9.17) is 56.8 Å². The van der Waals surface area contributed by atoms with Crippen molar-refractivity contribution in [1.29, 1.82) is 0 Å². The number of ether oxygens (including phenoxy) is 12. The fourth-order valence-electron chi connectivity index (χ4n) is 6.79. The third kappa shape index (κ3) is 12.4. The molecule has 0 bridgehead atoms. The Morgan fingerprint density at radius 1 is 0.485 bits per heavy atom. The molecule has 3 aromatic rings. The van der Waals surface area contributed by atoms with Crippen LogP contribution in [0, 0.1) is 0 Å². The lowest BCUT2D eigenvalue weighted by atomic mass is 9.98. The molecule has 370 valence electrons. The molecule has 0 aliphatic carbocycles. The minimum Gasteiger partial charge on any atom is -0.502 e. The monoisotopic (exact) mass is 960 g/mol. The van der Waals surface area contributed by atoms with Crippen LogP contribution in [0.4, 0.5) is 0 Å². The van der Waals surface area contributed by atoms with Crippen LogP contribution in [-0.2, 0) is 42.8 Å². The quantitative estimate of drug-likeness (QED) is 0.0462. The van der Waals surface area contributed by atoms with Gasteiger partial charge in [-0.3, -0.25) is 0 Å². The predicted molar refractivity (Wildman–Crippen MR) is 231 cm³/mol. The van der Waals surface area contributed by atoms with Crippen LogP contribution in [0.3, 0.4) is 0 Å². The molecule has 0 saturated carbocycles. The summed E-state index contributed by atoms with van der Waals surface area (Å²) < 4.78 is 64.4. The Morgan fingerprint density at radius 2 is 0.794 bits per heavy atom. The first-order valence-corrected chi connectivity index (χ1v) is 20.3. The second-order valence-corrected chi connectivity index (χ2v) is 14.6. The highest BCUT2D eigenvalue weighted by atomic mass is 16.8. The molecule has 8 N–H and O–H groups in total. The summed E-state index contributed by atoms with van der Waals surface area (Å²) in [6.45, 7) is -1.63. The zero-order valence-electron chi connectivity index (χ0n) is 37.3. The Bertz CT molecular complexity index is 2250. The molecule has 10 unspecified atom stereocenters. The van der Waals surface area contributed by atoms with Crippen molar-refractivity contribution in [2.45, 2.75) is 61.4 Å². The second-order valence-electron chi connectivity index (χ2n) is 14.6. The molecule has 23 nitrogen and oxygen atoms in total. The van der Waals surface area contributed by atoms with Gasteiger partial charge in [-0.05, 0) is 71.3 Å². The summed E-state index contributed by atoms with van der Waals surface area (Å²) in [5.41, 5.74) is 0.906. The first kappa shape index (κ1) is 52.1. The number of hydrogen-bond donors (Lipinski definition) is 8.